The molecule has 0 fully saturated rings. The van der Waals surface area contributed by atoms with E-state index >= 15 is 0 Å². The fourth-order valence-electron chi connectivity index (χ4n) is 5.53. The highest BCUT2D eigenvalue weighted by molar-refractivity contribution is 6.04. The number of benzene rings is 7. The summed E-state index contributed by atoms with van der Waals surface area (Å²) in [5.74, 6) is 0. The minimum atomic E-state index is 1.07. The number of rotatable bonds is 5. The molecule has 184 valence electrons. The van der Waals surface area contributed by atoms with Gasteiger partial charge in [-0.1, -0.05) is 140 Å². The van der Waals surface area contributed by atoms with Crippen molar-refractivity contribution < 1.29 is 0 Å². The van der Waals surface area contributed by atoms with Crippen molar-refractivity contribution in [2.75, 3.05) is 5.32 Å². The highest BCUT2D eigenvalue weighted by atomic mass is 14.9. The fraction of sp³-hybridized carbons (Fsp3) is 0. The Kier molecular flexibility index (Phi) is 5.88. The predicted molar refractivity (Wildman–Crippen MR) is 167 cm³/mol. The summed E-state index contributed by atoms with van der Waals surface area (Å²) < 4.78 is 0. The smallest absolute Gasteiger partial charge is 0.0464 e. The molecular weight excluding hydrogens is 470 g/mol. The molecule has 0 saturated carbocycles. The Bertz CT molecular complexity index is 1910. The Balaban J connectivity index is 1.24. The van der Waals surface area contributed by atoms with Crippen LogP contribution in [-0.4, -0.2) is 0 Å². The molecule has 0 spiro atoms. The van der Waals surface area contributed by atoms with E-state index in [1.807, 2.05) is 0 Å². The van der Waals surface area contributed by atoms with Crippen molar-refractivity contribution in [3.8, 4) is 33.4 Å². The van der Waals surface area contributed by atoms with Crippen LogP contribution in [0.2, 0.25) is 0 Å². The summed E-state index contributed by atoms with van der Waals surface area (Å²) in [5.41, 5.74) is 9.55. The van der Waals surface area contributed by atoms with Gasteiger partial charge in [0.2, 0.25) is 0 Å². The minimum Gasteiger partial charge on any atom is -0.355 e. The van der Waals surface area contributed by atoms with E-state index in [-0.39, 0.29) is 0 Å². The van der Waals surface area contributed by atoms with E-state index in [9.17, 15) is 0 Å². The summed E-state index contributed by atoms with van der Waals surface area (Å²) in [6.07, 6.45) is 0. The average Bonchev–Trinajstić information content (AvgIpc) is 3.02. The average molecular weight is 498 g/mol. The van der Waals surface area contributed by atoms with Crippen molar-refractivity contribution in [2.45, 2.75) is 0 Å². The fourth-order valence-corrected chi connectivity index (χ4v) is 5.53. The molecule has 39 heavy (non-hydrogen) atoms. The zero-order chi connectivity index (χ0) is 26.0. The van der Waals surface area contributed by atoms with Gasteiger partial charge in [0.25, 0.3) is 0 Å². The maximum absolute atomic E-state index is 3.71. The number of fused-ring (bicyclic) bond motifs is 2. The summed E-state index contributed by atoms with van der Waals surface area (Å²) >= 11 is 0. The zero-order valence-electron chi connectivity index (χ0n) is 21.5. The highest BCUT2D eigenvalue weighted by Gasteiger charge is 2.10. The third-order valence-electron chi connectivity index (χ3n) is 7.47. The largest absolute Gasteiger partial charge is 0.355 e. The van der Waals surface area contributed by atoms with E-state index in [2.05, 4.69) is 163 Å². The van der Waals surface area contributed by atoms with Crippen LogP contribution in [0.1, 0.15) is 0 Å². The third kappa shape index (κ3) is 4.45. The summed E-state index contributed by atoms with van der Waals surface area (Å²) in [4.78, 5) is 0. The molecule has 0 saturated heterocycles. The summed E-state index contributed by atoms with van der Waals surface area (Å²) in [7, 11) is 0. The molecule has 1 nitrogen and oxygen atoms in total. The first-order valence-corrected chi connectivity index (χ1v) is 13.4. The molecule has 0 aliphatic carbocycles. The summed E-state index contributed by atoms with van der Waals surface area (Å²) in [5, 5.41) is 8.68. The normalized spacial score (nSPS) is 11.1. The maximum atomic E-state index is 3.71. The van der Waals surface area contributed by atoms with Crippen LogP contribution >= 0.6 is 0 Å². The number of anilines is 2. The van der Waals surface area contributed by atoms with E-state index < -0.39 is 0 Å². The van der Waals surface area contributed by atoms with Gasteiger partial charge in [0, 0.05) is 16.8 Å². The van der Waals surface area contributed by atoms with Crippen molar-refractivity contribution in [2.24, 2.45) is 0 Å². The molecule has 7 aromatic rings. The van der Waals surface area contributed by atoms with Crippen molar-refractivity contribution in [3.05, 3.63) is 158 Å². The zero-order valence-corrected chi connectivity index (χ0v) is 21.5. The number of nitrogens with one attached hydrogen (secondary N) is 1. The van der Waals surface area contributed by atoms with Gasteiger partial charge in [0.1, 0.15) is 0 Å². The molecule has 1 heteroatoms. The van der Waals surface area contributed by atoms with Gasteiger partial charge in [-0.05, 0) is 67.7 Å². The van der Waals surface area contributed by atoms with Gasteiger partial charge in [-0.15, -0.1) is 0 Å². The number of hydrogen-bond donors (Lipinski definition) is 1. The Morgan fingerprint density at radius 1 is 0.333 bits per heavy atom. The van der Waals surface area contributed by atoms with Crippen LogP contribution in [0, 0.1) is 0 Å². The quantitative estimate of drug-likeness (QED) is 0.249. The predicted octanol–water partition coefficient (Wildman–Crippen LogP) is 10.7. The third-order valence-corrected chi connectivity index (χ3v) is 7.47. The standard InChI is InChI=1S/C38H27N/c1-2-10-27(11-3-1)28-20-22-30(23-21-28)35-24-25-38(37-18-7-6-17-36(35)37)39-32-15-8-14-31(26-32)34-19-9-13-29-12-4-5-16-33(29)34/h1-26,39H. The molecule has 0 amide bonds. The molecule has 0 unspecified atom stereocenters. The van der Waals surface area contributed by atoms with Gasteiger partial charge < -0.3 is 5.32 Å². The molecule has 1 N–H and O–H groups in total. The van der Waals surface area contributed by atoms with Gasteiger partial charge in [-0.3, -0.25) is 0 Å². The van der Waals surface area contributed by atoms with Crippen molar-refractivity contribution in [1.82, 2.24) is 0 Å². The molecule has 0 aliphatic heterocycles. The second kappa shape index (κ2) is 9.96. The Morgan fingerprint density at radius 3 is 1.77 bits per heavy atom. The van der Waals surface area contributed by atoms with Crippen LogP contribution < -0.4 is 5.32 Å². The second-order valence-corrected chi connectivity index (χ2v) is 9.88. The minimum absolute atomic E-state index is 1.07. The van der Waals surface area contributed by atoms with Crippen LogP contribution in [0.4, 0.5) is 11.4 Å². The number of hydrogen-bond acceptors (Lipinski definition) is 1. The van der Waals surface area contributed by atoms with E-state index in [1.165, 1.54) is 54.9 Å². The van der Waals surface area contributed by atoms with Crippen molar-refractivity contribution >= 4 is 32.9 Å². The summed E-state index contributed by atoms with van der Waals surface area (Å²) in [6.45, 7) is 0. The van der Waals surface area contributed by atoms with E-state index in [1.54, 1.807) is 0 Å². The lowest BCUT2D eigenvalue weighted by atomic mass is 9.95. The maximum Gasteiger partial charge on any atom is 0.0464 e. The first-order valence-electron chi connectivity index (χ1n) is 13.4. The molecule has 0 atom stereocenters. The van der Waals surface area contributed by atoms with Crippen LogP contribution in [-0.2, 0) is 0 Å². The van der Waals surface area contributed by atoms with Gasteiger partial charge in [0.05, 0.1) is 0 Å². The van der Waals surface area contributed by atoms with Crippen LogP contribution in [0.3, 0.4) is 0 Å². The van der Waals surface area contributed by atoms with Crippen LogP contribution in [0.25, 0.3) is 54.9 Å². The molecule has 0 heterocycles. The van der Waals surface area contributed by atoms with Gasteiger partial charge in [-0.2, -0.15) is 0 Å². The molecule has 0 aromatic heterocycles. The summed E-state index contributed by atoms with van der Waals surface area (Å²) in [6, 6.07) is 56.3. The lowest BCUT2D eigenvalue weighted by Crippen LogP contribution is -1.93. The Hall–Kier alpha value is -5.14. The first kappa shape index (κ1) is 23.0. The highest BCUT2D eigenvalue weighted by Crippen LogP contribution is 2.36. The van der Waals surface area contributed by atoms with Crippen LogP contribution in [0.15, 0.2) is 158 Å². The SMILES string of the molecule is c1ccc(-c2ccc(-c3ccc(Nc4cccc(-c5cccc6ccccc56)c4)c4ccccc34)cc2)cc1. The van der Waals surface area contributed by atoms with Crippen molar-refractivity contribution in [1.29, 1.82) is 0 Å². The molecule has 0 aliphatic rings. The second-order valence-electron chi connectivity index (χ2n) is 9.88. The molecular formula is C38H27N. The monoisotopic (exact) mass is 497 g/mol. The van der Waals surface area contributed by atoms with E-state index in [0.29, 0.717) is 0 Å². The lowest BCUT2D eigenvalue weighted by Gasteiger charge is -2.15. The van der Waals surface area contributed by atoms with Gasteiger partial charge >= 0.3 is 0 Å². The van der Waals surface area contributed by atoms with Crippen LogP contribution in [0.5, 0.6) is 0 Å². The van der Waals surface area contributed by atoms with E-state index in [4.69, 9.17) is 0 Å². The Morgan fingerprint density at radius 2 is 0.923 bits per heavy atom. The Labute approximate surface area is 229 Å². The van der Waals surface area contributed by atoms with Gasteiger partial charge in [0.15, 0.2) is 0 Å². The van der Waals surface area contributed by atoms with E-state index in [0.717, 1.165) is 11.4 Å². The lowest BCUT2D eigenvalue weighted by molar-refractivity contribution is 1.56. The van der Waals surface area contributed by atoms with Gasteiger partial charge in [-0.25, -0.2) is 0 Å². The molecule has 7 aromatic carbocycles. The molecule has 0 bridgehead atoms. The topological polar surface area (TPSA) is 12.0 Å². The molecule has 0 radical (unpaired) electrons. The van der Waals surface area contributed by atoms with Crippen molar-refractivity contribution in [3.63, 3.8) is 0 Å². The molecule has 7 rings (SSSR count). The first-order chi connectivity index (χ1) is 19.3.